The molecule has 0 aliphatic carbocycles. The number of nitrogens with zero attached hydrogens (tertiary/aromatic N) is 3. The van der Waals surface area contributed by atoms with Crippen LogP contribution in [0.1, 0.15) is 12.8 Å². The average Bonchev–Trinajstić information content (AvgIpc) is 3.17. The first-order valence-corrected chi connectivity index (χ1v) is 9.09. The Morgan fingerprint density at radius 3 is 3.05 bits per heavy atom. The van der Waals surface area contributed by atoms with Crippen molar-refractivity contribution in [2.45, 2.75) is 23.8 Å². The van der Waals surface area contributed by atoms with E-state index in [1.165, 1.54) is 6.20 Å². The van der Waals surface area contributed by atoms with Crippen LogP contribution in [0, 0.1) is 0 Å². The molecule has 0 aromatic carbocycles. The Balaban J connectivity index is 1.67. The lowest BCUT2D eigenvalue weighted by molar-refractivity contribution is 0.566. The molecular formula is C13H16N4O2S2. The highest BCUT2D eigenvalue weighted by molar-refractivity contribution is 7.89. The van der Waals surface area contributed by atoms with Gasteiger partial charge < -0.3 is 4.90 Å². The van der Waals surface area contributed by atoms with E-state index < -0.39 is 10.0 Å². The fraction of sp³-hybridized carbons (Fsp3) is 0.385. The second-order valence-corrected chi connectivity index (χ2v) is 7.48. The van der Waals surface area contributed by atoms with Crippen molar-refractivity contribution in [3.8, 4) is 0 Å². The number of pyridine rings is 1. The molecule has 0 radical (unpaired) electrons. The van der Waals surface area contributed by atoms with E-state index in [1.54, 1.807) is 35.9 Å². The highest BCUT2D eigenvalue weighted by atomic mass is 32.2. The molecule has 3 rings (SSSR count). The van der Waals surface area contributed by atoms with Crippen LogP contribution in [-0.4, -0.2) is 37.5 Å². The lowest BCUT2D eigenvalue weighted by Crippen LogP contribution is -2.40. The molecule has 1 saturated heterocycles. The zero-order valence-electron chi connectivity index (χ0n) is 11.3. The smallest absolute Gasteiger partial charge is 0.242 e. The largest absolute Gasteiger partial charge is 0.344 e. The molecule has 2 aromatic heterocycles. The molecule has 0 saturated carbocycles. The quantitative estimate of drug-likeness (QED) is 0.902. The first kappa shape index (κ1) is 14.4. The second kappa shape index (κ2) is 6.08. The van der Waals surface area contributed by atoms with Gasteiger partial charge in [-0.2, -0.15) is 0 Å². The van der Waals surface area contributed by atoms with Crippen molar-refractivity contribution in [3.05, 3.63) is 36.1 Å². The maximum atomic E-state index is 12.2. The third-order valence-corrected chi connectivity index (χ3v) is 5.71. The summed E-state index contributed by atoms with van der Waals surface area (Å²) in [6.45, 7) is 1.31. The van der Waals surface area contributed by atoms with Gasteiger partial charge in [0.1, 0.15) is 4.90 Å². The summed E-state index contributed by atoms with van der Waals surface area (Å²) in [5.41, 5.74) is 0. The van der Waals surface area contributed by atoms with Gasteiger partial charge in [-0.05, 0) is 25.0 Å². The number of hydrogen-bond donors (Lipinski definition) is 1. The van der Waals surface area contributed by atoms with Crippen LogP contribution in [0.5, 0.6) is 0 Å². The molecule has 6 nitrogen and oxygen atoms in total. The lowest BCUT2D eigenvalue weighted by Gasteiger charge is -2.24. The molecule has 1 fully saturated rings. The third-order valence-electron chi connectivity index (χ3n) is 3.50. The molecule has 0 spiro atoms. The van der Waals surface area contributed by atoms with Crippen molar-refractivity contribution in [2.75, 3.05) is 18.0 Å². The highest BCUT2D eigenvalue weighted by Gasteiger charge is 2.27. The van der Waals surface area contributed by atoms with Gasteiger partial charge in [-0.1, -0.05) is 0 Å². The zero-order valence-corrected chi connectivity index (χ0v) is 13.0. The van der Waals surface area contributed by atoms with Gasteiger partial charge in [0.15, 0.2) is 5.13 Å². The number of thiazole rings is 1. The Labute approximate surface area is 127 Å². The molecule has 0 bridgehead atoms. The Morgan fingerprint density at radius 1 is 1.43 bits per heavy atom. The van der Waals surface area contributed by atoms with Gasteiger partial charge >= 0.3 is 0 Å². The maximum Gasteiger partial charge on any atom is 0.242 e. The average molecular weight is 324 g/mol. The van der Waals surface area contributed by atoms with Crippen LogP contribution in [0.15, 0.2) is 41.0 Å². The second-order valence-electron chi connectivity index (χ2n) is 4.84. The Kier molecular flexibility index (Phi) is 4.18. The molecule has 1 aliphatic heterocycles. The van der Waals surface area contributed by atoms with Crippen LogP contribution in [0.2, 0.25) is 0 Å². The topological polar surface area (TPSA) is 75.2 Å². The molecule has 0 amide bonds. The summed E-state index contributed by atoms with van der Waals surface area (Å²) in [6.07, 6.45) is 6.71. The van der Waals surface area contributed by atoms with Gasteiger partial charge in [-0.3, -0.25) is 4.98 Å². The number of sulfonamides is 1. The van der Waals surface area contributed by atoms with Gasteiger partial charge in [-0.15, -0.1) is 11.3 Å². The normalized spacial score (nSPS) is 19.0. The summed E-state index contributed by atoms with van der Waals surface area (Å²) < 4.78 is 27.1. The third kappa shape index (κ3) is 3.22. The van der Waals surface area contributed by atoms with Crippen molar-refractivity contribution in [3.63, 3.8) is 0 Å². The van der Waals surface area contributed by atoms with Crippen LogP contribution in [0.25, 0.3) is 0 Å². The number of rotatable bonds is 5. The van der Waals surface area contributed by atoms with Crippen molar-refractivity contribution in [1.29, 1.82) is 0 Å². The standard InChI is InChI=1S/C13H16N4O2S2/c18-21(19,12-4-1-5-14-10-12)16-9-11-3-2-7-17(11)13-15-6-8-20-13/h1,4-6,8,10-11,16H,2-3,7,9H2/t11-/m0/s1. The van der Waals surface area contributed by atoms with Crippen LogP contribution >= 0.6 is 11.3 Å². The highest BCUT2D eigenvalue weighted by Crippen LogP contribution is 2.26. The van der Waals surface area contributed by atoms with E-state index in [9.17, 15) is 8.42 Å². The molecule has 1 atom stereocenters. The van der Waals surface area contributed by atoms with E-state index in [1.807, 2.05) is 5.38 Å². The minimum Gasteiger partial charge on any atom is -0.344 e. The van der Waals surface area contributed by atoms with Crippen molar-refractivity contribution < 1.29 is 8.42 Å². The first-order chi connectivity index (χ1) is 10.2. The Morgan fingerprint density at radius 2 is 2.33 bits per heavy atom. The van der Waals surface area contributed by atoms with Gasteiger partial charge in [0.05, 0.1) is 0 Å². The number of anilines is 1. The fourth-order valence-electron chi connectivity index (χ4n) is 2.45. The summed E-state index contributed by atoms with van der Waals surface area (Å²) in [7, 11) is -3.50. The van der Waals surface area contributed by atoms with Crippen molar-refractivity contribution in [1.82, 2.24) is 14.7 Å². The monoisotopic (exact) mass is 324 g/mol. The van der Waals surface area contributed by atoms with Crippen LogP contribution in [-0.2, 0) is 10.0 Å². The number of nitrogens with one attached hydrogen (secondary N) is 1. The van der Waals surface area contributed by atoms with Crippen molar-refractivity contribution in [2.24, 2.45) is 0 Å². The van der Waals surface area contributed by atoms with Gasteiger partial charge in [0.2, 0.25) is 10.0 Å². The van der Waals surface area contributed by atoms with Gasteiger partial charge in [0, 0.05) is 43.1 Å². The number of aromatic nitrogens is 2. The maximum absolute atomic E-state index is 12.2. The summed E-state index contributed by atoms with van der Waals surface area (Å²) in [6, 6.07) is 3.32. The van der Waals surface area contributed by atoms with E-state index >= 15 is 0 Å². The predicted molar refractivity (Wildman–Crippen MR) is 81.9 cm³/mol. The minimum atomic E-state index is -3.50. The lowest BCUT2D eigenvalue weighted by atomic mass is 10.2. The fourth-order valence-corrected chi connectivity index (χ4v) is 4.23. The van der Waals surface area contributed by atoms with Crippen LogP contribution in [0.3, 0.4) is 0 Å². The Hall–Kier alpha value is -1.51. The van der Waals surface area contributed by atoms with Crippen molar-refractivity contribution >= 4 is 26.5 Å². The molecule has 8 heteroatoms. The molecule has 0 unspecified atom stereocenters. The zero-order chi connectivity index (χ0) is 14.7. The van der Waals surface area contributed by atoms with E-state index in [4.69, 9.17) is 0 Å². The predicted octanol–water partition coefficient (Wildman–Crippen LogP) is 1.49. The van der Waals surface area contributed by atoms with E-state index in [-0.39, 0.29) is 10.9 Å². The summed E-state index contributed by atoms with van der Waals surface area (Å²) in [4.78, 5) is 10.5. The molecule has 112 valence electrons. The Bertz CT molecular complexity index is 673. The van der Waals surface area contributed by atoms with E-state index in [2.05, 4.69) is 19.6 Å². The molecular weight excluding hydrogens is 308 g/mol. The molecule has 3 heterocycles. The summed E-state index contributed by atoms with van der Waals surface area (Å²) in [5.74, 6) is 0. The van der Waals surface area contributed by atoms with Crippen LogP contribution < -0.4 is 9.62 Å². The van der Waals surface area contributed by atoms with Gasteiger partial charge in [-0.25, -0.2) is 18.1 Å². The summed E-state index contributed by atoms with van der Waals surface area (Å²) >= 11 is 1.58. The number of hydrogen-bond acceptors (Lipinski definition) is 6. The molecule has 2 aromatic rings. The SMILES string of the molecule is O=S(=O)(NC[C@@H]1CCCN1c1nccs1)c1cccnc1. The molecule has 1 aliphatic rings. The minimum absolute atomic E-state index is 0.155. The van der Waals surface area contributed by atoms with E-state index in [0.717, 1.165) is 24.5 Å². The van der Waals surface area contributed by atoms with Crippen LogP contribution in [0.4, 0.5) is 5.13 Å². The molecule has 21 heavy (non-hydrogen) atoms. The van der Waals surface area contributed by atoms with Gasteiger partial charge in [0.25, 0.3) is 0 Å². The summed E-state index contributed by atoms with van der Waals surface area (Å²) in [5, 5.41) is 2.89. The molecule has 1 N–H and O–H groups in total. The van der Waals surface area contributed by atoms with E-state index in [0.29, 0.717) is 6.54 Å². The first-order valence-electron chi connectivity index (χ1n) is 6.73.